The Hall–Kier alpha value is -1.49. The number of benzene rings is 1. The van der Waals surface area contributed by atoms with Crippen molar-refractivity contribution in [1.29, 1.82) is 0 Å². The van der Waals surface area contributed by atoms with Crippen LogP contribution < -0.4 is 4.74 Å². The SMILES string of the molecule is CCCCCCCCCCCCCCCCCCSc1nncn1-c1ccc(OCC)cc1. The minimum absolute atomic E-state index is 0.687. The Morgan fingerprint density at radius 3 is 1.73 bits per heavy atom. The van der Waals surface area contributed by atoms with Gasteiger partial charge < -0.3 is 4.74 Å². The van der Waals surface area contributed by atoms with E-state index >= 15 is 0 Å². The fourth-order valence-electron chi connectivity index (χ4n) is 4.18. The molecule has 0 saturated carbocycles. The van der Waals surface area contributed by atoms with Crippen LogP contribution in [0.25, 0.3) is 5.69 Å². The molecule has 0 unspecified atom stereocenters. The molecule has 0 amide bonds. The molecule has 1 heterocycles. The summed E-state index contributed by atoms with van der Waals surface area (Å²) in [6.07, 6.45) is 24.3. The molecule has 0 bridgehead atoms. The van der Waals surface area contributed by atoms with Gasteiger partial charge in [-0.1, -0.05) is 115 Å². The van der Waals surface area contributed by atoms with Gasteiger partial charge in [-0.3, -0.25) is 4.57 Å². The molecule has 0 spiro atoms. The summed E-state index contributed by atoms with van der Waals surface area (Å²) in [5.74, 6) is 2.01. The van der Waals surface area contributed by atoms with E-state index in [2.05, 4.69) is 33.8 Å². The van der Waals surface area contributed by atoms with Crippen LogP contribution in [0.15, 0.2) is 35.7 Å². The number of ether oxygens (including phenoxy) is 1. The lowest BCUT2D eigenvalue weighted by Crippen LogP contribution is -1.97. The maximum atomic E-state index is 5.53. The normalized spacial score (nSPS) is 11.2. The van der Waals surface area contributed by atoms with Crippen molar-refractivity contribution in [2.24, 2.45) is 0 Å². The van der Waals surface area contributed by atoms with E-state index in [0.29, 0.717) is 6.61 Å². The molecule has 0 saturated heterocycles. The van der Waals surface area contributed by atoms with Crippen molar-refractivity contribution >= 4 is 11.8 Å². The van der Waals surface area contributed by atoms with Crippen molar-refractivity contribution in [3.05, 3.63) is 30.6 Å². The number of hydrogen-bond acceptors (Lipinski definition) is 4. The molecule has 2 aromatic rings. The Kier molecular flexibility index (Phi) is 15.9. The molecule has 1 aromatic carbocycles. The van der Waals surface area contributed by atoms with Crippen LogP contribution in [0.5, 0.6) is 5.75 Å². The van der Waals surface area contributed by atoms with Crippen LogP contribution in [0, 0.1) is 0 Å². The Labute approximate surface area is 207 Å². The van der Waals surface area contributed by atoms with Gasteiger partial charge in [0.25, 0.3) is 0 Å². The van der Waals surface area contributed by atoms with Gasteiger partial charge in [-0.05, 0) is 37.6 Å². The fraction of sp³-hybridized carbons (Fsp3) is 0.714. The number of hydrogen-bond donors (Lipinski definition) is 0. The van der Waals surface area contributed by atoms with Crippen LogP contribution in [0.2, 0.25) is 0 Å². The molecule has 4 nitrogen and oxygen atoms in total. The van der Waals surface area contributed by atoms with E-state index in [1.807, 2.05) is 30.8 Å². The summed E-state index contributed by atoms with van der Waals surface area (Å²) in [5, 5.41) is 9.39. The third-order valence-corrected chi connectivity index (χ3v) is 7.20. The van der Waals surface area contributed by atoms with Gasteiger partial charge in [0.1, 0.15) is 12.1 Å². The molecule has 0 fully saturated rings. The van der Waals surface area contributed by atoms with Crippen molar-refractivity contribution in [1.82, 2.24) is 14.8 Å². The van der Waals surface area contributed by atoms with Crippen molar-refractivity contribution in [3.8, 4) is 11.4 Å². The van der Waals surface area contributed by atoms with Gasteiger partial charge in [-0.15, -0.1) is 10.2 Å². The van der Waals surface area contributed by atoms with Crippen molar-refractivity contribution in [2.45, 2.75) is 122 Å². The molecule has 1 aromatic heterocycles. The molecule has 0 aliphatic carbocycles. The number of nitrogens with zero attached hydrogens (tertiary/aromatic N) is 3. The summed E-state index contributed by atoms with van der Waals surface area (Å²) >= 11 is 1.81. The summed E-state index contributed by atoms with van der Waals surface area (Å²) in [5.41, 5.74) is 1.08. The Bertz CT molecular complexity index is 701. The lowest BCUT2D eigenvalue weighted by Gasteiger charge is -2.08. The highest BCUT2D eigenvalue weighted by Crippen LogP contribution is 2.23. The highest BCUT2D eigenvalue weighted by atomic mass is 32.2. The number of aromatic nitrogens is 3. The molecule has 2 rings (SSSR count). The Morgan fingerprint density at radius 1 is 0.697 bits per heavy atom. The smallest absolute Gasteiger partial charge is 0.195 e. The molecular weight excluding hydrogens is 426 g/mol. The van der Waals surface area contributed by atoms with Crippen LogP contribution in [-0.2, 0) is 0 Å². The average Bonchev–Trinajstić information content (AvgIpc) is 3.30. The van der Waals surface area contributed by atoms with Crippen LogP contribution >= 0.6 is 11.8 Å². The average molecular weight is 474 g/mol. The predicted molar refractivity (Wildman–Crippen MR) is 143 cm³/mol. The molecule has 186 valence electrons. The van der Waals surface area contributed by atoms with Crippen molar-refractivity contribution < 1.29 is 4.74 Å². The number of thioether (sulfide) groups is 1. The minimum Gasteiger partial charge on any atom is -0.494 e. The summed E-state index contributed by atoms with van der Waals surface area (Å²) < 4.78 is 7.59. The molecule has 0 aliphatic heterocycles. The third kappa shape index (κ3) is 12.5. The maximum absolute atomic E-state index is 5.53. The first-order valence-electron chi connectivity index (χ1n) is 13.6. The second-order valence-corrected chi connectivity index (χ2v) is 10.1. The predicted octanol–water partition coefficient (Wildman–Crippen LogP) is 9.02. The standard InChI is InChI=1S/C28H47N3OS/c1-3-5-6-7-8-9-10-11-12-13-14-15-16-17-18-19-24-33-28-30-29-25-31(28)26-20-22-27(23-21-26)32-4-2/h20-23,25H,3-19,24H2,1-2H3. The van der Waals surface area contributed by atoms with E-state index in [-0.39, 0.29) is 0 Å². The van der Waals surface area contributed by atoms with E-state index < -0.39 is 0 Å². The summed E-state index contributed by atoms with van der Waals surface area (Å²) in [7, 11) is 0. The zero-order valence-corrected chi connectivity index (χ0v) is 22.1. The van der Waals surface area contributed by atoms with Crippen LogP contribution in [0.1, 0.15) is 117 Å². The quantitative estimate of drug-likeness (QED) is 0.134. The van der Waals surface area contributed by atoms with Crippen LogP contribution in [-0.4, -0.2) is 27.1 Å². The monoisotopic (exact) mass is 473 g/mol. The molecule has 0 N–H and O–H groups in total. The Balaban J connectivity index is 1.42. The van der Waals surface area contributed by atoms with E-state index in [4.69, 9.17) is 4.74 Å². The molecule has 0 radical (unpaired) electrons. The molecule has 5 heteroatoms. The zero-order chi connectivity index (χ0) is 23.4. The van der Waals surface area contributed by atoms with Gasteiger partial charge >= 0.3 is 0 Å². The number of rotatable bonds is 21. The van der Waals surface area contributed by atoms with Gasteiger partial charge in [-0.2, -0.15) is 0 Å². The highest BCUT2D eigenvalue weighted by molar-refractivity contribution is 7.99. The van der Waals surface area contributed by atoms with E-state index in [1.54, 1.807) is 6.33 Å². The highest BCUT2D eigenvalue weighted by Gasteiger charge is 2.07. The topological polar surface area (TPSA) is 39.9 Å². The van der Waals surface area contributed by atoms with Gasteiger partial charge in [0.15, 0.2) is 5.16 Å². The minimum atomic E-state index is 0.687. The van der Waals surface area contributed by atoms with Gasteiger partial charge in [0, 0.05) is 11.4 Å². The Morgan fingerprint density at radius 2 is 1.21 bits per heavy atom. The second kappa shape index (κ2) is 18.9. The van der Waals surface area contributed by atoms with Crippen molar-refractivity contribution in [2.75, 3.05) is 12.4 Å². The third-order valence-electron chi connectivity index (χ3n) is 6.17. The molecular formula is C28H47N3OS. The van der Waals surface area contributed by atoms with E-state index in [0.717, 1.165) is 22.3 Å². The first-order chi connectivity index (χ1) is 16.3. The van der Waals surface area contributed by atoms with Gasteiger partial charge in [0.05, 0.1) is 6.61 Å². The van der Waals surface area contributed by atoms with Crippen LogP contribution in [0.4, 0.5) is 0 Å². The summed E-state index contributed by atoms with van der Waals surface area (Å²) in [4.78, 5) is 0. The number of unbranched alkanes of at least 4 members (excludes halogenated alkanes) is 15. The second-order valence-electron chi connectivity index (χ2n) is 9.06. The zero-order valence-electron chi connectivity index (χ0n) is 21.3. The van der Waals surface area contributed by atoms with Crippen LogP contribution in [0.3, 0.4) is 0 Å². The van der Waals surface area contributed by atoms with E-state index in [1.165, 1.54) is 103 Å². The molecule has 33 heavy (non-hydrogen) atoms. The largest absolute Gasteiger partial charge is 0.494 e. The summed E-state index contributed by atoms with van der Waals surface area (Å²) in [6.45, 7) is 4.98. The molecule has 0 aliphatic rings. The van der Waals surface area contributed by atoms with Crippen molar-refractivity contribution in [3.63, 3.8) is 0 Å². The lowest BCUT2D eigenvalue weighted by molar-refractivity contribution is 0.340. The molecule has 0 atom stereocenters. The first kappa shape index (κ1) is 27.8. The van der Waals surface area contributed by atoms with E-state index in [9.17, 15) is 0 Å². The maximum Gasteiger partial charge on any atom is 0.195 e. The lowest BCUT2D eigenvalue weighted by atomic mass is 10.0. The first-order valence-corrected chi connectivity index (χ1v) is 14.6. The fourth-order valence-corrected chi connectivity index (χ4v) is 5.11. The van der Waals surface area contributed by atoms with Gasteiger partial charge in [-0.25, -0.2) is 0 Å². The van der Waals surface area contributed by atoms with Gasteiger partial charge in [0.2, 0.25) is 0 Å². The summed E-state index contributed by atoms with van der Waals surface area (Å²) in [6, 6.07) is 8.13.